The lowest BCUT2D eigenvalue weighted by molar-refractivity contribution is -0.131. The van der Waals surface area contributed by atoms with Crippen molar-refractivity contribution in [2.24, 2.45) is 5.10 Å². The number of hydrazone groups is 1. The van der Waals surface area contributed by atoms with Crippen LogP contribution >= 0.6 is 0 Å². The summed E-state index contributed by atoms with van der Waals surface area (Å²) in [6.07, 6.45) is 0.751. The van der Waals surface area contributed by atoms with Gasteiger partial charge in [-0.15, -0.1) is 0 Å². The summed E-state index contributed by atoms with van der Waals surface area (Å²) in [5, 5.41) is 3.91. The number of carbonyl (C=O) groups excluding carboxylic acids is 2. The van der Waals surface area contributed by atoms with Gasteiger partial charge in [-0.2, -0.15) is 5.10 Å². The molecule has 6 nitrogen and oxygen atoms in total. The normalized spacial score (nSPS) is 11.9. The number of methoxy groups -OCH3 is 2. The molecule has 0 saturated heterocycles. The lowest BCUT2D eigenvalue weighted by atomic mass is 10.1. The van der Waals surface area contributed by atoms with Crippen molar-refractivity contribution < 1.29 is 19.1 Å². The predicted octanol–water partition coefficient (Wildman–Crippen LogP) is 2.31. The van der Waals surface area contributed by atoms with Crippen molar-refractivity contribution in [3.63, 3.8) is 0 Å². The van der Waals surface area contributed by atoms with E-state index in [9.17, 15) is 9.59 Å². The van der Waals surface area contributed by atoms with E-state index < -0.39 is 12.1 Å². The molecule has 0 aliphatic rings. The molecule has 0 radical (unpaired) electrons. The molecule has 0 heterocycles. The molecule has 0 fully saturated rings. The molecular weight excluding hydrogens is 308 g/mol. The molecule has 1 amide bonds. The first kappa shape index (κ1) is 17.4. The number of nitrogens with zero attached hydrogens (tertiary/aromatic N) is 1. The zero-order chi connectivity index (χ0) is 17.4. The zero-order valence-electron chi connectivity index (χ0n) is 13.4. The molecule has 0 aromatic heterocycles. The van der Waals surface area contributed by atoms with E-state index in [0.29, 0.717) is 5.56 Å². The molecule has 2 aromatic rings. The summed E-state index contributed by atoms with van der Waals surface area (Å²) in [6.45, 7) is 0. The van der Waals surface area contributed by atoms with Crippen LogP contribution in [0.3, 0.4) is 0 Å². The standard InChI is InChI=1S/C18H18N2O4/c1-23-16(14-6-4-3-5-7-14)17(21)20-19-12-13-8-10-15(11-9-13)18(22)24-2/h3-12,16H,1-2H3,(H,20,21)/b19-12-/t16-/m1/s1. The van der Waals surface area contributed by atoms with Crippen molar-refractivity contribution in [2.75, 3.05) is 14.2 Å². The number of hydrogen-bond donors (Lipinski definition) is 1. The molecule has 0 unspecified atom stereocenters. The summed E-state index contributed by atoms with van der Waals surface area (Å²) in [7, 11) is 2.79. The van der Waals surface area contributed by atoms with Gasteiger partial charge in [0.1, 0.15) is 0 Å². The van der Waals surface area contributed by atoms with E-state index in [0.717, 1.165) is 11.1 Å². The van der Waals surface area contributed by atoms with Crippen molar-refractivity contribution >= 4 is 18.1 Å². The summed E-state index contributed by atoms with van der Waals surface area (Å²) in [5.74, 6) is -0.774. The minimum absolute atomic E-state index is 0.369. The third-order valence-corrected chi connectivity index (χ3v) is 3.30. The van der Waals surface area contributed by atoms with Gasteiger partial charge in [-0.05, 0) is 23.3 Å². The second kappa shape index (κ2) is 8.59. The summed E-state index contributed by atoms with van der Waals surface area (Å²) >= 11 is 0. The molecule has 24 heavy (non-hydrogen) atoms. The largest absolute Gasteiger partial charge is 0.465 e. The highest BCUT2D eigenvalue weighted by atomic mass is 16.5. The topological polar surface area (TPSA) is 77.0 Å². The van der Waals surface area contributed by atoms with E-state index in [4.69, 9.17) is 4.74 Å². The Hall–Kier alpha value is -2.99. The molecule has 0 aliphatic heterocycles. The van der Waals surface area contributed by atoms with E-state index in [1.807, 2.05) is 30.3 Å². The molecule has 0 bridgehead atoms. The second-order valence-corrected chi connectivity index (χ2v) is 4.87. The van der Waals surface area contributed by atoms with Crippen LogP contribution in [-0.2, 0) is 14.3 Å². The summed E-state index contributed by atoms with van der Waals surface area (Å²) in [5.41, 5.74) is 4.37. The Balaban J connectivity index is 1.97. The second-order valence-electron chi connectivity index (χ2n) is 4.87. The van der Waals surface area contributed by atoms with Gasteiger partial charge in [-0.25, -0.2) is 10.2 Å². The van der Waals surface area contributed by atoms with Crippen molar-refractivity contribution in [1.82, 2.24) is 5.43 Å². The van der Waals surface area contributed by atoms with Crippen LogP contribution in [0.4, 0.5) is 0 Å². The summed E-state index contributed by atoms with van der Waals surface area (Å²) in [4.78, 5) is 23.5. The van der Waals surface area contributed by atoms with Crippen LogP contribution in [0.2, 0.25) is 0 Å². The monoisotopic (exact) mass is 326 g/mol. The molecule has 0 spiro atoms. The first-order chi connectivity index (χ1) is 11.7. The van der Waals surface area contributed by atoms with Gasteiger partial charge in [0.2, 0.25) is 0 Å². The Morgan fingerprint density at radius 2 is 1.71 bits per heavy atom. The van der Waals surface area contributed by atoms with E-state index in [1.54, 1.807) is 24.3 Å². The highest BCUT2D eigenvalue weighted by Gasteiger charge is 2.19. The highest BCUT2D eigenvalue weighted by Crippen LogP contribution is 2.16. The predicted molar refractivity (Wildman–Crippen MR) is 89.7 cm³/mol. The minimum atomic E-state index is -0.731. The van der Waals surface area contributed by atoms with E-state index in [-0.39, 0.29) is 5.91 Å². The van der Waals surface area contributed by atoms with Gasteiger partial charge in [-0.3, -0.25) is 4.79 Å². The number of rotatable bonds is 6. The number of carbonyl (C=O) groups is 2. The van der Waals surface area contributed by atoms with Crippen LogP contribution in [0.25, 0.3) is 0 Å². The Morgan fingerprint density at radius 1 is 1.04 bits per heavy atom. The van der Waals surface area contributed by atoms with E-state index in [2.05, 4.69) is 15.3 Å². The lowest BCUT2D eigenvalue weighted by Crippen LogP contribution is -2.26. The highest BCUT2D eigenvalue weighted by molar-refractivity contribution is 5.91. The average molecular weight is 326 g/mol. The van der Waals surface area contributed by atoms with Crippen LogP contribution < -0.4 is 5.43 Å². The number of esters is 1. The number of ether oxygens (including phenoxy) is 2. The molecule has 2 aromatic carbocycles. The van der Waals surface area contributed by atoms with E-state index >= 15 is 0 Å². The number of amides is 1. The molecule has 0 saturated carbocycles. The molecule has 2 rings (SSSR count). The Labute approximate surface area is 140 Å². The Kier molecular flexibility index (Phi) is 6.22. The first-order valence-electron chi connectivity index (χ1n) is 7.24. The van der Waals surface area contributed by atoms with Gasteiger partial charge >= 0.3 is 5.97 Å². The number of nitrogens with one attached hydrogen (secondary N) is 1. The quantitative estimate of drug-likeness (QED) is 0.502. The van der Waals surface area contributed by atoms with Gasteiger partial charge in [0.05, 0.1) is 18.9 Å². The van der Waals surface area contributed by atoms with Gasteiger partial charge in [0.25, 0.3) is 5.91 Å². The van der Waals surface area contributed by atoms with Crippen LogP contribution in [0.1, 0.15) is 27.6 Å². The van der Waals surface area contributed by atoms with Crippen molar-refractivity contribution in [3.8, 4) is 0 Å². The minimum Gasteiger partial charge on any atom is -0.465 e. The van der Waals surface area contributed by atoms with E-state index in [1.165, 1.54) is 20.4 Å². The smallest absolute Gasteiger partial charge is 0.337 e. The molecule has 0 aliphatic carbocycles. The maximum Gasteiger partial charge on any atom is 0.337 e. The van der Waals surface area contributed by atoms with Crippen LogP contribution in [0.5, 0.6) is 0 Å². The zero-order valence-corrected chi connectivity index (χ0v) is 13.4. The first-order valence-corrected chi connectivity index (χ1v) is 7.24. The SMILES string of the molecule is COC(=O)c1ccc(/C=N\NC(=O)[C@H](OC)c2ccccc2)cc1. The van der Waals surface area contributed by atoms with Gasteiger partial charge in [0, 0.05) is 7.11 Å². The third-order valence-electron chi connectivity index (χ3n) is 3.30. The van der Waals surface area contributed by atoms with Crippen LogP contribution in [0, 0.1) is 0 Å². The molecule has 6 heteroatoms. The fourth-order valence-electron chi connectivity index (χ4n) is 2.07. The number of hydrogen-bond acceptors (Lipinski definition) is 5. The maximum absolute atomic E-state index is 12.1. The van der Waals surface area contributed by atoms with Crippen molar-refractivity contribution in [1.29, 1.82) is 0 Å². The van der Waals surface area contributed by atoms with Crippen molar-refractivity contribution in [3.05, 3.63) is 71.3 Å². The summed E-state index contributed by atoms with van der Waals surface area (Å²) < 4.78 is 9.84. The van der Waals surface area contributed by atoms with Crippen LogP contribution in [0.15, 0.2) is 59.7 Å². The molecular formula is C18H18N2O4. The maximum atomic E-state index is 12.1. The average Bonchev–Trinajstić information content (AvgIpc) is 2.63. The fourth-order valence-corrected chi connectivity index (χ4v) is 2.07. The Bertz CT molecular complexity index is 712. The number of benzene rings is 2. The van der Waals surface area contributed by atoms with Gasteiger partial charge in [0.15, 0.2) is 6.10 Å². The van der Waals surface area contributed by atoms with Crippen LogP contribution in [-0.4, -0.2) is 32.3 Å². The fraction of sp³-hybridized carbons (Fsp3) is 0.167. The lowest BCUT2D eigenvalue weighted by Gasteiger charge is -2.13. The Morgan fingerprint density at radius 3 is 2.29 bits per heavy atom. The summed E-state index contributed by atoms with van der Waals surface area (Å²) in [6, 6.07) is 15.8. The molecule has 1 N–H and O–H groups in total. The molecule has 124 valence electrons. The van der Waals surface area contributed by atoms with Gasteiger partial charge in [-0.1, -0.05) is 42.5 Å². The molecule has 1 atom stereocenters. The third kappa shape index (κ3) is 4.50. The van der Waals surface area contributed by atoms with Gasteiger partial charge < -0.3 is 9.47 Å². The van der Waals surface area contributed by atoms with Crippen molar-refractivity contribution in [2.45, 2.75) is 6.10 Å².